The monoisotopic (exact) mass is 445 g/mol. The van der Waals surface area contributed by atoms with Crippen LogP contribution in [0.1, 0.15) is 44.5 Å². The van der Waals surface area contributed by atoms with Gasteiger partial charge in [0.05, 0.1) is 11.4 Å². The molecule has 0 amide bonds. The largest absolute Gasteiger partial charge is 0.309 e. The highest BCUT2D eigenvalue weighted by Crippen LogP contribution is 2.55. The lowest BCUT2D eigenvalue weighted by Gasteiger charge is -2.40. The van der Waals surface area contributed by atoms with Crippen LogP contribution in [0.2, 0.25) is 0 Å². The van der Waals surface area contributed by atoms with Gasteiger partial charge in [0.15, 0.2) is 0 Å². The Labute approximate surface area is 205 Å². The van der Waals surface area contributed by atoms with Crippen LogP contribution in [0.25, 0.3) is 22.3 Å². The molecule has 0 atom stereocenters. The standard InChI is InChI=1S/C34H23N/c1-3-10-26-20(6-1)16-22-12-13-23-18-28-27(33(23)32(22)26)14-15-31-29(28)19-25-9-5-8-24-17-21-7-2-4-11-30(21)35(31)34(24)25/h1-15H,16-19H2. The third kappa shape index (κ3) is 2.24. The highest BCUT2D eigenvalue weighted by atomic mass is 15.2. The molecule has 35 heavy (non-hydrogen) atoms. The Balaban J connectivity index is 1.30. The maximum absolute atomic E-state index is 2.56. The minimum Gasteiger partial charge on any atom is -0.309 e. The molecule has 0 unspecified atom stereocenters. The summed E-state index contributed by atoms with van der Waals surface area (Å²) >= 11 is 0. The number of hydrogen-bond donors (Lipinski definition) is 0. The van der Waals surface area contributed by atoms with Crippen molar-refractivity contribution < 1.29 is 0 Å². The molecule has 0 saturated carbocycles. The second-order valence-electron chi connectivity index (χ2n) is 10.5. The average molecular weight is 446 g/mol. The van der Waals surface area contributed by atoms with E-state index in [4.69, 9.17) is 0 Å². The maximum Gasteiger partial charge on any atom is 0.0532 e. The zero-order valence-corrected chi connectivity index (χ0v) is 19.4. The van der Waals surface area contributed by atoms with Gasteiger partial charge in [0.25, 0.3) is 0 Å². The fraction of sp³-hybridized carbons (Fsp3) is 0.118. The lowest BCUT2D eigenvalue weighted by molar-refractivity contribution is 0.997. The quantitative estimate of drug-likeness (QED) is 0.228. The second-order valence-corrected chi connectivity index (χ2v) is 10.5. The molecular weight excluding hydrogens is 422 g/mol. The molecule has 0 radical (unpaired) electrons. The molecule has 4 aliphatic rings. The molecule has 2 aliphatic heterocycles. The molecular formula is C34H23N. The molecule has 2 aliphatic carbocycles. The van der Waals surface area contributed by atoms with Crippen LogP contribution in [-0.2, 0) is 25.7 Å². The van der Waals surface area contributed by atoms with Gasteiger partial charge in [-0.1, -0.05) is 78.9 Å². The predicted molar refractivity (Wildman–Crippen MR) is 143 cm³/mol. The van der Waals surface area contributed by atoms with Gasteiger partial charge in [-0.3, -0.25) is 0 Å². The van der Waals surface area contributed by atoms with E-state index in [1.165, 1.54) is 83.8 Å². The molecule has 5 aromatic carbocycles. The predicted octanol–water partition coefficient (Wildman–Crippen LogP) is 8.11. The van der Waals surface area contributed by atoms with Crippen molar-refractivity contribution in [2.45, 2.75) is 25.7 Å². The topological polar surface area (TPSA) is 3.24 Å². The van der Waals surface area contributed by atoms with Gasteiger partial charge in [0.2, 0.25) is 0 Å². The number of nitrogens with zero attached hydrogens (tertiary/aromatic N) is 1. The number of para-hydroxylation sites is 2. The maximum atomic E-state index is 2.56. The SMILES string of the molecule is c1ccc2c(c1)Cc1ccc3c(c1-2)-c1ccc2c(c1C3)Cc1cccc3c1N2c1ccccc1C3. The summed E-state index contributed by atoms with van der Waals surface area (Å²) < 4.78 is 0. The third-order valence-corrected chi connectivity index (χ3v) is 8.74. The van der Waals surface area contributed by atoms with E-state index < -0.39 is 0 Å². The lowest BCUT2D eigenvalue weighted by atomic mass is 9.84. The smallest absolute Gasteiger partial charge is 0.0532 e. The number of rotatable bonds is 0. The van der Waals surface area contributed by atoms with Crippen LogP contribution in [0.4, 0.5) is 17.1 Å². The van der Waals surface area contributed by atoms with Crippen LogP contribution in [0.3, 0.4) is 0 Å². The summed E-state index contributed by atoms with van der Waals surface area (Å²) in [6.45, 7) is 0. The fourth-order valence-electron chi connectivity index (χ4n) is 7.30. The minimum atomic E-state index is 1.02. The molecule has 0 spiro atoms. The first kappa shape index (κ1) is 18.3. The Morgan fingerprint density at radius 3 is 1.97 bits per heavy atom. The Hall–Kier alpha value is -4.10. The Bertz CT molecular complexity index is 1760. The molecule has 0 aromatic heterocycles. The van der Waals surface area contributed by atoms with E-state index in [-0.39, 0.29) is 0 Å². The van der Waals surface area contributed by atoms with Crippen LogP contribution >= 0.6 is 0 Å². The molecule has 0 bridgehead atoms. The van der Waals surface area contributed by atoms with E-state index in [2.05, 4.69) is 95.9 Å². The van der Waals surface area contributed by atoms with Crippen molar-refractivity contribution in [2.24, 2.45) is 0 Å². The first-order valence-corrected chi connectivity index (χ1v) is 12.7. The zero-order chi connectivity index (χ0) is 22.7. The van der Waals surface area contributed by atoms with Crippen molar-refractivity contribution in [1.82, 2.24) is 0 Å². The van der Waals surface area contributed by atoms with Crippen molar-refractivity contribution in [3.05, 3.63) is 136 Å². The highest BCUT2D eigenvalue weighted by molar-refractivity contribution is 5.98. The molecule has 1 heteroatoms. The van der Waals surface area contributed by atoms with Crippen molar-refractivity contribution in [2.75, 3.05) is 4.90 Å². The van der Waals surface area contributed by atoms with Crippen molar-refractivity contribution in [3.63, 3.8) is 0 Å². The summed E-state index contributed by atoms with van der Waals surface area (Å²) in [5.41, 5.74) is 21.8. The summed E-state index contributed by atoms with van der Waals surface area (Å²) in [6.07, 6.45) is 4.13. The summed E-state index contributed by atoms with van der Waals surface area (Å²) in [7, 11) is 0. The Morgan fingerprint density at radius 2 is 1.06 bits per heavy atom. The van der Waals surface area contributed by atoms with Crippen molar-refractivity contribution in [3.8, 4) is 22.3 Å². The lowest BCUT2D eigenvalue weighted by Crippen LogP contribution is -2.25. The molecule has 0 saturated heterocycles. The first-order chi connectivity index (χ1) is 17.3. The van der Waals surface area contributed by atoms with E-state index in [0.717, 1.165) is 25.7 Å². The van der Waals surface area contributed by atoms with Gasteiger partial charge in [0, 0.05) is 18.5 Å². The second kappa shape index (κ2) is 6.31. The molecule has 9 rings (SSSR count). The van der Waals surface area contributed by atoms with Crippen molar-refractivity contribution in [1.29, 1.82) is 0 Å². The van der Waals surface area contributed by atoms with Gasteiger partial charge >= 0.3 is 0 Å². The zero-order valence-electron chi connectivity index (χ0n) is 19.4. The van der Waals surface area contributed by atoms with E-state index in [9.17, 15) is 0 Å². The van der Waals surface area contributed by atoms with Crippen molar-refractivity contribution >= 4 is 17.1 Å². The van der Waals surface area contributed by atoms with E-state index in [1.54, 1.807) is 0 Å². The van der Waals surface area contributed by atoms with E-state index in [1.807, 2.05) is 0 Å². The van der Waals surface area contributed by atoms with Crippen LogP contribution in [0.5, 0.6) is 0 Å². The van der Waals surface area contributed by atoms with Crippen LogP contribution in [0.15, 0.2) is 91.0 Å². The number of fused-ring (bicyclic) bond motifs is 12. The van der Waals surface area contributed by atoms with Gasteiger partial charge in [-0.15, -0.1) is 0 Å². The summed E-state index contributed by atoms with van der Waals surface area (Å²) in [4.78, 5) is 2.56. The van der Waals surface area contributed by atoms with Gasteiger partial charge < -0.3 is 4.90 Å². The molecule has 0 N–H and O–H groups in total. The van der Waals surface area contributed by atoms with Gasteiger partial charge in [-0.05, 0) is 91.7 Å². The van der Waals surface area contributed by atoms with Crippen LogP contribution in [-0.4, -0.2) is 0 Å². The molecule has 164 valence electrons. The van der Waals surface area contributed by atoms with Crippen LogP contribution < -0.4 is 4.90 Å². The molecule has 5 aromatic rings. The molecule has 1 nitrogen and oxygen atoms in total. The Morgan fingerprint density at radius 1 is 0.400 bits per heavy atom. The van der Waals surface area contributed by atoms with E-state index >= 15 is 0 Å². The van der Waals surface area contributed by atoms with Gasteiger partial charge in [-0.2, -0.15) is 0 Å². The van der Waals surface area contributed by atoms with Gasteiger partial charge in [-0.25, -0.2) is 0 Å². The normalized spacial score (nSPS) is 14.9. The van der Waals surface area contributed by atoms with E-state index in [0.29, 0.717) is 0 Å². The highest BCUT2D eigenvalue weighted by Gasteiger charge is 2.36. The fourth-order valence-corrected chi connectivity index (χ4v) is 7.30. The number of benzene rings is 5. The molecule has 0 fully saturated rings. The van der Waals surface area contributed by atoms with Crippen LogP contribution in [0, 0.1) is 0 Å². The minimum absolute atomic E-state index is 1.02. The summed E-state index contributed by atoms with van der Waals surface area (Å²) in [5.74, 6) is 0. The third-order valence-electron chi connectivity index (χ3n) is 8.74. The first-order valence-electron chi connectivity index (χ1n) is 12.7. The average Bonchev–Trinajstić information content (AvgIpc) is 3.46. The number of hydrogen-bond acceptors (Lipinski definition) is 1. The number of anilines is 3. The Kier molecular flexibility index (Phi) is 3.29. The summed E-state index contributed by atoms with van der Waals surface area (Å²) in [5, 5.41) is 0. The summed E-state index contributed by atoms with van der Waals surface area (Å²) in [6, 6.07) is 34.5. The van der Waals surface area contributed by atoms with Gasteiger partial charge in [0.1, 0.15) is 0 Å². The molecule has 2 heterocycles.